The maximum absolute atomic E-state index is 13.5. The van der Waals surface area contributed by atoms with E-state index < -0.39 is 0 Å². The Hall–Kier alpha value is -2.87. The Labute approximate surface area is 227 Å². The minimum atomic E-state index is 0.0695. The highest BCUT2D eigenvalue weighted by molar-refractivity contribution is 6.36. The minimum absolute atomic E-state index is 0.0695. The highest BCUT2D eigenvalue weighted by Gasteiger charge is 2.31. The fraction of sp³-hybridized carbons (Fsp3) is 0.393. The second-order valence-electron chi connectivity index (χ2n) is 9.63. The van der Waals surface area contributed by atoms with Crippen LogP contribution < -0.4 is 10.5 Å². The van der Waals surface area contributed by atoms with E-state index >= 15 is 0 Å². The molecular weight excluding hydrogens is 509 g/mol. The Bertz CT molecular complexity index is 1240. The number of halogens is 2. The van der Waals surface area contributed by atoms with Crippen molar-refractivity contribution < 1.29 is 9.53 Å². The first kappa shape index (κ1) is 25.8. The molecule has 7 nitrogen and oxygen atoms in total. The van der Waals surface area contributed by atoms with E-state index in [1.165, 1.54) is 12.8 Å². The summed E-state index contributed by atoms with van der Waals surface area (Å²) < 4.78 is 5.85. The van der Waals surface area contributed by atoms with Gasteiger partial charge in [0.15, 0.2) is 5.82 Å². The van der Waals surface area contributed by atoms with Crippen LogP contribution in [0.15, 0.2) is 48.7 Å². The van der Waals surface area contributed by atoms with Crippen molar-refractivity contribution in [1.29, 1.82) is 0 Å². The zero-order valence-corrected chi connectivity index (χ0v) is 22.2. The molecule has 0 saturated carbocycles. The van der Waals surface area contributed by atoms with Crippen LogP contribution in [0.1, 0.15) is 41.6 Å². The number of ether oxygens (including phenoxy) is 1. The SMILES string of the molecule is Nc1ncc(-c2cccc(C(=O)N3CCCC3CN3CCCC3)c2)nc1OCCc1c(Cl)cccc1Cl. The number of carbonyl (C=O) groups excluding carboxylic acids is 1. The van der Waals surface area contributed by atoms with Crippen LogP contribution in [0.25, 0.3) is 11.3 Å². The average molecular weight is 540 g/mol. The first-order valence-electron chi connectivity index (χ1n) is 12.8. The predicted molar refractivity (Wildman–Crippen MR) is 147 cm³/mol. The number of nitrogens with two attached hydrogens (primary N) is 1. The van der Waals surface area contributed by atoms with Crippen molar-refractivity contribution in [2.45, 2.75) is 38.1 Å². The third-order valence-corrected chi connectivity index (χ3v) is 7.84. The number of benzene rings is 2. The van der Waals surface area contributed by atoms with Crippen LogP contribution in [0.2, 0.25) is 10.0 Å². The molecule has 5 rings (SSSR count). The summed E-state index contributed by atoms with van der Waals surface area (Å²) in [5, 5.41) is 1.18. The molecule has 1 aromatic heterocycles. The van der Waals surface area contributed by atoms with E-state index in [-0.39, 0.29) is 30.3 Å². The van der Waals surface area contributed by atoms with Crippen molar-refractivity contribution >= 4 is 34.9 Å². The van der Waals surface area contributed by atoms with E-state index in [1.807, 2.05) is 29.2 Å². The van der Waals surface area contributed by atoms with Crippen LogP contribution >= 0.6 is 23.2 Å². The number of hydrogen-bond acceptors (Lipinski definition) is 6. The van der Waals surface area contributed by atoms with Gasteiger partial charge in [0.1, 0.15) is 0 Å². The summed E-state index contributed by atoms with van der Waals surface area (Å²) in [5.74, 6) is 0.505. The lowest BCUT2D eigenvalue weighted by atomic mass is 10.1. The number of hydrogen-bond donors (Lipinski definition) is 1. The van der Waals surface area contributed by atoms with Gasteiger partial charge in [0.25, 0.3) is 11.8 Å². The third-order valence-electron chi connectivity index (χ3n) is 7.13. The monoisotopic (exact) mass is 539 g/mol. The molecule has 1 atom stereocenters. The van der Waals surface area contributed by atoms with Gasteiger partial charge in [-0.2, -0.15) is 0 Å². The lowest BCUT2D eigenvalue weighted by molar-refractivity contribution is 0.0709. The van der Waals surface area contributed by atoms with E-state index in [9.17, 15) is 4.79 Å². The summed E-state index contributed by atoms with van der Waals surface area (Å²) in [5.41, 5.74) is 8.87. The first-order chi connectivity index (χ1) is 18.0. The van der Waals surface area contributed by atoms with E-state index in [0.29, 0.717) is 27.7 Å². The Morgan fingerprint density at radius 3 is 2.59 bits per heavy atom. The molecule has 9 heteroatoms. The van der Waals surface area contributed by atoms with E-state index in [4.69, 9.17) is 33.7 Å². The largest absolute Gasteiger partial charge is 0.475 e. The van der Waals surface area contributed by atoms with Crippen molar-refractivity contribution in [1.82, 2.24) is 19.8 Å². The number of amides is 1. The molecule has 0 radical (unpaired) electrons. The standard InChI is InChI=1S/C28H31Cl2N5O2/c29-23-9-4-10-24(30)22(23)11-15-37-27-26(31)32-17-25(33-27)19-6-3-7-20(16-19)28(36)35-14-5-8-21(35)18-34-12-1-2-13-34/h3-4,6-7,9-10,16-17,21H,1-2,5,8,11-15,18H2,(H2,31,32). The molecule has 3 heterocycles. The van der Waals surface area contributed by atoms with E-state index in [1.54, 1.807) is 24.4 Å². The fourth-order valence-electron chi connectivity index (χ4n) is 5.18. The number of aromatic nitrogens is 2. The molecule has 2 saturated heterocycles. The summed E-state index contributed by atoms with van der Waals surface area (Å²) >= 11 is 12.5. The van der Waals surface area contributed by atoms with Crippen molar-refractivity contribution in [3.63, 3.8) is 0 Å². The van der Waals surface area contributed by atoms with E-state index in [2.05, 4.69) is 14.9 Å². The summed E-state index contributed by atoms with van der Waals surface area (Å²) in [7, 11) is 0. The molecule has 1 unspecified atom stereocenters. The molecule has 0 aliphatic carbocycles. The Kier molecular flexibility index (Phi) is 8.13. The number of carbonyl (C=O) groups is 1. The van der Waals surface area contributed by atoms with Crippen molar-refractivity contribution in [3.05, 3.63) is 69.8 Å². The van der Waals surface area contributed by atoms with Gasteiger partial charge in [0, 0.05) is 46.7 Å². The van der Waals surface area contributed by atoms with Crippen LogP contribution in [0, 0.1) is 0 Å². The van der Waals surface area contributed by atoms with Crippen LogP contribution in [-0.4, -0.2) is 64.5 Å². The Morgan fingerprint density at radius 2 is 1.81 bits per heavy atom. The number of nitrogen functional groups attached to an aromatic ring is 1. The number of nitrogens with zero attached hydrogens (tertiary/aromatic N) is 4. The van der Waals surface area contributed by atoms with Gasteiger partial charge >= 0.3 is 0 Å². The lowest BCUT2D eigenvalue weighted by Gasteiger charge is -2.28. The third kappa shape index (κ3) is 6.00. The molecule has 2 N–H and O–H groups in total. The molecule has 2 fully saturated rings. The molecule has 0 bridgehead atoms. The van der Waals surface area contributed by atoms with Crippen LogP contribution in [0.5, 0.6) is 5.88 Å². The van der Waals surface area contributed by atoms with Crippen molar-refractivity contribution in [2.24, 2.45) is 0 Å². The van der Waals surface area contributed by atoms with E-state index in [0.717, 1.165) is 50.1 Å². The Balaban J connectivity index is 1.28. The van der Waals surface area contributed by atoms with Crippen molar-refractivity contribution in [2.75, 3.05) is 38.5 Å². The van der Waals surface area contributed by atoms with Gasteiger partial charge in [-0.15, -0.1) is 0 Å². The fourth-order valence-corrected chi connectivity index (χ4v) is 5.77. The van der Waals surface area contributed by atoms with Gasteiger partial charge in [0.05, 0.1) is 18.5 Å². The minimum Gasteiger partial charge on any atom is -0.475 e. The number of rotatable bonds is 8. The topological polar surface area (TPSA) is 84.6 Å². The lowest BCUT2D eigenvalue weighted by Crippen LogP contribution is -2.42. The zero-order chi connectivity index (χ0) is 25.8. The average Bonchev–Trinajstić information content (AvgIpc) is 3.59. The van der Waals surface area contributed by atoms with Crippen molar-refractivity contribution in [3.8, 4) is 17.1 Å². The van der Waals surface area contributed by atoms with Crippen LogP contribution in [0.4, 0.5) is 5.82 Å². The Morgan fingerprint density at radius 1 is 1.05 bits per heavy atom. The normalized spacial score (nSPS) is 17.9. The van der Waals surface area contributed by atoms with Gasteiger partial charge in [-0.3, -0.25) is 4.79 Å². The molecule has 37 heavy (non-hydrogen) atoms. The zero-order valence-electron chi connectivity index (χ0n) is 20.7. The molecule has 194 valence electrons. The maximum atomic E-state index is 13.5. The summed E-state index contributed by atoms with van der Waals surface area (Å²) in [6.45, 7) is 4.34. The van der Waals surface area contributed by atoms with Gasteiger partial charge in [0.2, 0.25) is 0 Å². The molecule has 0 spiro atoms. The van der Waals surface area contributed by atoms with Gasteiger partial charge in [-0.25, -0.2) is 9.97 Å². The quantitative estimate of drug-likeness (QED) is 0.415. The molecular formula is C28H31Cl2N5O2. The van der Waals surface area contributed by atoms with Crippen LogP contribution in [-0.2, 0) is 6.42 Å². The molecule has 1 amide bonds. The second-order valence-corrected chi connectivity index (χ2v) is 10.4. The number of likely N-dealkylation sites (tertiary alicyclic amines) is 2. The number of anilines is 1. The predicted octanol–water partition coefficient (Wildman–Crippen LogP) is 5.35. The van der Waals surface area contributed by atoms with Gasteiger partial charge in [-0.1, -0.05) is 41.4 Å². The summed E-state index contributed by atoms with van der Waals surface area (Å²) in [4.78, 5) is 26.9. The van der Waals surface area contributed by atoms with Crippen LogP contribution in [0.3, 0.4) is 0 Å². The van der Waals surface area contributed by atoms with Gasteiger partial charge in [-0.05, 0) is 68.6 Å². The first-order valence-corrected chi connectivity index (χ1v) is 13.6. The summed E-state index contributed by atoms with van der Waals surface area (Å²) in [6.07, 6.45) is 6.72. The molecule has 2 aromatic carbocycles. The highest BCUT2D eigenvalue weighted by Crippen LogP contribution is 2.28. The summed E-state index contributed by atoms with van der Waals surface area (Å²) in [6, 6.07) is 13.2. The maximum Gasteiger partial charge on any atom is 0.257 e. The highest BCUT2D eigenvalue weighted by atomic mass is 35.5. The molecule has 2 aliphatic heterocycles. The van der Waals surface area contributed by atoms with Gasteiger partial charge < -0.3 is 20.3 Å². The molecule has 3 aromatic rings. The smallest absolute Gasteiger partial charge is 0.257 e. The second kappa shape index (κ2) is 11.7. The molecule has 2 aliphatic rings.